The van der Waals surface area contributed by atoms with Crippen molar-refractivity contribution < 1.29 is 37.0 Å². The average molecular weight is 180 g/mol. The van der Waals surface area contributed by atoms with Gasteiger partial charge in [0.2, 0.25) is 0 Å². The topological polar surface area (TPSA) is 0 Å². The third kappa shape index (κ3) is 8.87. The summed E-state index contributed by atoms with van der Waals surface area (Å²) < 4.78 is 0. The number of rotatable bonds is 0. The zero-order valence-electron chi connectivity index (χ0n) is 4.07. The molecule has 0 saturated carbocycles. The Morgan fingerprint density at radius 2 is 1.25 bits per heavy atom. The summed E-state index contributed by atoms with van der Waals surface area (Å²) in [7, 11) is 0. The summed E-state index contributed by atoms with van der Waals surface area (Å²) in [6.45, 7) is 0. The van der Waals surface area contributed by atoms with Crippen molar-refractivity contribution in [2.24, 2.45) is 0 Å². The molecule has 31 valence electrons. The molecule has 0 saturated heterocycles. The molecule has 0 aliphatic rings. The van der Waals surface area contributed by atoms with Crippen LogP contribution in [0.15, 0.2) is 0 Å². The Morgan fingerprint density at radius 3 is 1.25 bits per heavy atom. The van der Waals surface area contributed by atoms with E-state index in [0.29, 0.717) is 0 Å². The fraction of sp³-hybridized carbons (Fsp3) is 0. The van der Waals surface area contributed by atoms with E-state index in [4.69, 9.17) is 0 Å². The van der Waals surface area contributed by atoms with Crippen LogP contribution < -0.4 is 0 Å². The average Bonchev–Trinajstić information content (AvgIpc) is 0. The van der Waals surface area contributed by atoms with Gasteiger partial charge in [0.1, 0.15) is 0 Å². The van der Waals surface area contributed by atoms with Crippen molar-refractivity contribution in [3.05, 3.63) is 0 Å². The first-order chi connectivity index (χ1) is 0. The Kier molecular flexibility index (Phi) is 161. The fourth-order valence-electron chi connectivity index (χ4n) is 0. The molecule has 0 rings (SSSR count). The van der Waals surface area contributed by atoms with Gasteiger partial charge in [-0.15, -0.1) is 0 Å². The minimum Gasteiger partial charge on any atom is -1.00 e. The molecule has 1 atom stereocenters. The van der Waals surface area contributed by atoms with Gasteiger partial charge >= 0.3 is 23.1 Å². The van der Waals surface area contributed by atoms with Gasteiger partial charge in [-0.25, -0.2) is 0 Å². The Hall–Kier alpha value is 2.24. The summed E-state index contributed by atoms with van der Waals surface area (Å²) >= 11 is 0. The van der Waals surface area contributed by atoms with Gasteiger partial charge in [0, 0.05) is 34.1 Å². The molecule has 0 amide bonds. The van der Waals surface area contributed by atoms with Crippen LogP contribution in [-0.4, -0.2) is 23.1 Å². The van der Waals surface area contributed by atoms with E-state index in [0.717, 1.165) is 0 Å². The zero-order valence-corrected chi connectivity index (χ0v) is 6.94. The molecule has 0 N–H and O–H groups in total. The van der Waals surface area contributed by atoms with Crippen LogP contribution in [0.4, 0.5) is 0 Å². The van der Waals surface area contributed by atoms with Crippen molar-refractivity contribution in [2.75, 3.05) is 0 Å². The van der Waals surface area contributed by atoms with Crippen molar-refractivity contribution in [1.29, 1.82) is 0 Å². The second-order valence-corrected chi connectivity index (χ2v) is 0. The first kappa shape index (κ1) is 34.2. The van der Waals surface area contributed by atoms with Crippen LogP contribution in [0.25, 0.3) is 0 Å². The summed E-state index contributed by atoms with van der Waals surface area (Å²) in [6.07, 6.45) is 0. The molecule has 0 aromatic carbocycles. The van der Waals surface area contributed by atoms with Crippen LogP contribution in [-0.2, 0) is 34.1 Å². The first-order valence-corrected chi connectivity index (χ1v) is 0. The Morgan fingerprint density at radius 1 is 1.25 bits per heavy atom. The molecular weight excluding hydrogens is 175 g/mol. The van der Waals surface area contributed by atoms with Gasteiger partial charge in [-0.05, 0) is 0 Å². The maximum Gasteiger partial charge on any atom is 2.00 e. The van der Waals surface area contributed by atoms with Crippen LogP contribution in [0.2, 0.25) is 0 Å². The Balaban J connectivity index is 0. The summed E-state index contributed by atoms with van der Waals surface area (Å²) in [5, 5.41) is 0. The minimum absolute atomic E-state index is 0. The molecule has 0 aromatic rings. The van der Waals surface area contributed by atoms with E-state index in [1.807, 2.05) is 0 Å². The van der Waals surface area contributed by atoms with Gasteiger partial charge < -0.3 is 2.85 Å². The van der Waals surface area contributed by atoms with Gasteiger partial charge in [0.15, 0.2) is 0 Å². The molecule has 0 aromatic heterocycles. The number of hydrogen-bond donors (Lipinski definition) is 0. The largest absolute Gasteiger partial charge is 2.00 e. The van der Waals surface area contributed by atoms with Crippen LogP contribution in [0.5, 0.6) is 0 Å². The van der Waals surface area contributed by atoms with Crippen LogP contribution in [0.3, 0.4) is 0 Å². The zero-order chi connectivity index (χ0) is 0. The van der Waals surface area contributed by atoms with Crippen molar-refractivity contribution in [3.8, 4) is 0 Å². The van der Waals surface area contributed by atoms with Crippen molar-refractivity contribution >= 4 is 33.0 Å². The van der Waals surface area contributed by atoms with E-state index in [-0.39, 0.29) is 69.9 Å². The molecule has 0 spiro atoms. The van der Waals surface area contributed by atoms with E-state index in [9.17, 15) is 0 Å². The second-order valence-electron chi connectivity index (χ2n) is 0. The SMILES string of the molecule is P.[Cu].[Fe].[H-].[H-].[Mg+2]. The predicted octanol–water partition coefficient (Wildman–Crippen LogP) is -0.103. The van der Waals surface area contributed by atoms with Gasteiger partial charge in [0.05, 0.1) is 0 Å². The standard InChI is InChI=1S/Cu.Fe.Mg.H3P.2H/h;;;1H3;;/q;;+2;;2*-1. The molecule has 4 heteroatoms. The quantitative estimate of drug-likeness (QED) is 0.360. The number of hydrogen-bond acceptors (Lipinski definition) is 0. The maximum absolute atomic E-state index is 0. The monoisotopic (exact) mass is 179 g/mol. The van der Waals surface area contributed by atoms with E-state index < -0.39 is 0 Å². The third-order valence-electron chi connectivity index (χ3n) is 0. The van der Waals surface area contributed by atoms with Gasteiger partial charge in [0.25, 0.3) is 0 Å². The summed E-state index contributed by atoms with van der Waals surface area (Å²) in [5.74, 6) is 0. The summed E-state index contributed by atoms with van der Waals surface area (Å²) in [6, 6.07) is 0. The van der Waals surface area contributed by atoms with E-state index in [2.05, 4.69) is 0 Å². The molecule has 1 unspecified atom stereocenters. The van der Waals surface area contributed by atoms with Crippen LogP contribution in [0, 0.1) is 0 Å². The van der Waals surface area contributed by atoms with E-state index >= 15 is 0 Å². The minimum atomic E-state index is 0. The van der Waals surface area contributed by atoms with Crippen LogP contribution in [0.1, 0.15) is 2.85 Å². The fourth-order valence-corrected chi connectivity index (χ4v) is 0. The Bertz CT molecular complexity index is 13.5. The third-order valence-corrected chi connectivity index (χ3v) is 0. The molecule has 1 radical (unpaired) electrons. The molecular formula is H5CuFeMgP. The maximum atomic E-state index is 0. The second kappa shape index (κ2) is 18.8. The van der Waals surface area contributed by atoms with Gasteiger partial charge in [-0.3, -0.25) is 0 Å². The molecule has 0 aliphatic heterocycles. The molecule has 0 nitrogen and oxygen atoms in total. The van der Waals surface area contributed by atoms with Crippen molar-refractivity contribution in [3.63, 3.8) is 0 Å². The smallest absolute Gasteiger partial charge is 1.00 e. The molecule has 0 aliphatic carbocycles. The van der Waals surface area contributed by atoms with Crippen molar-refractivity contribution in [1.82, 2.24) is 0 Å². The molecule has 0 fully saturated rings. The predicted molar refractivity (Wildman–Crippen MR) is 19.1 cm³/mol. The summed E-state index contributed by atoms with van der Waals surface area (Å²) in [4.78, 5) is 0. The van der Waals surface area contributed by atoms with Crippen molar-refractivity contribution in [2.45, 2.75) is 0 Å². The molecule has 0 heterocycles. The van der Waals surface area contributed by atoms with E-state index in [1.165, 1.54) is 0 Å². The van der Waals surface area contributed by atoms with Gasteiger partial charge in [-0.1, -0.05) is 0 Å². The normalized spacial score (nSPS) is 0. The summed E-state index contributed by atoms with van der Waals surface area (Å²) in [5.41, 5.74) is 0. The first-order valence-electron chi connectivity index (χ1n) is 0. The van der Waals surface area contributed by atoms with Gasteiger partial charge in [-0.2, -0.15) is 9.90 Å². The van der Waals surface area contributed by atoms with Crippen LogP contribution >= 0.6 is 9.90 Å². The Labute approximate surface area is 69.6 Å². The molecule has 0 bridgehead atoms. The van der Waals surface area contributed by atoms with E-state index in [1.54, 1.807) is 0 Å². The molecule has 4 heavy (non-hydrogen) atoms.